The van der Waals surface area contributed by atoms with Gasteiger partial charge in [0.05, 0.1) is 7.11 Å². The van der Waals surface area contributed by atoms with Crippen molar-refractivity contribution in [3.8, 4) is 11.5 Å². The van der Waals surface area contributed by atoms with E-state index >= 15 is 0 Å². The number of hydrogen-bond donors (Lipinski definition) is 3. The minimum atomic E-state index is -0.251. The minimum Gasteiger partial charge on any atom is -0.497 e. The lowest BCUT2D eigenvalue weighted by Gasteiger charge is -2.10. The van der Waals surface area contributed by atoms with Gasteiger partial charge in [0.2, 0.25) is 5.91 Å². The van der Waals surface area contributed by atoms with Crippen LogP contribution < -0.4 is 25.6 Å². The topological polar surface area (TPSA) is 88.7 Å². The molecule has 2 aromatic carbocycles. The monoisotopic (exact) mass is 343 g/mol. The highest BCUT2D eigenvalue weighted by atomic mass is 16.5. The fraction of sp³-hybridized carbons (Fsp3) is 0.222. The minimum absolute atomic E-state index is 0.121. The lowest BCUT2D eigenvalue weighted by atomic mass is 10.2. The number of ether oxygens (including phenoxy) is 2. The van der Waals surface area contributed by atoms with Crippen LogP contribution in [0.15, 0.2) is 48.5 Å². The van der Waals surface area contributed by atoms with E-state index in [1.807, 2.05) is 0 Å². The molecule has 0 radical (unpaired) electrons. The lowest BCUT2D eigenvalue weighted by Crippen LogP contribution is -2.39. The highest BCUT2D eigenvalue weighted by Crippen LogP contribution is 2.15. The van der Waals surface area contributed by atoms with E-state index < -0.39 is 0 Å². The largest absolute Gasteiger partial charge is 0.497 e. The van der Waals surface area contributed by atoms with Crippen molar-refractivity contribution in [2.75, 3.05) is 25.6 Å². The second kappa shape index (κ2) is 9.29. The number of rotatable bonds is 8. The highest BCUT2D eigenvalue weighted by molar-refractivity contribution is 5.94. The third kappa shape index (κ3) is 6.15. The summed E-state index contributed by atoms with van der Waals surface area (Å²) >= 11 is 0. The zero-order valence-corrected chi connectivity index (χ0v) is 14.2. The molecule has 0 unspecified atom stereocenters. The number of benzene rings is 2. The van der Waals surface area contributed by atoms with E-state index in [4.69, 9.17) is 9.47 Å². The van der Waals surface area contributed by atoms with Crippen molar-refractivity contribution in [2.45, 2.75) is 6.92 Å². The van der Waals surface area contributed by atoms with Gasteiger partial charge < -0.3 is 14.8 Å². The van der Waals surface area contributed by atoms with Crippen molar-refractivity contribution in [3.05, 3.63) is 54.1 Å². The van der Waals surface area contributed by atoms with Crippen LogP contribution in [0.5, 0.6) is 11.5 Å². The molecule has 0 saturated heterocycles. The van der Waals surface area contributed by atoms with Gasteiger partial charge in [-0.05, 0) is 42.5 Å². The first kappa shape index (κ1) is 18.3. The number of anilines is 1. The molecule has 0 fully saturated rings. The number of hydrogen-bond acceptors (Lipinski definition) is 5. The Balaban J connectivity index is 1.69. The summed E-state index contributed by atoms with van der Waals surface area (Å²) in [6.45, 7) is 2.26. The molecule has 0 heterocycles. The zero-order valence-electron chi connectivity index (χ0n) is 14.2. The Kier molecular flexibility index (Phi) is 6.79. The van der Waals surface area contributed by atoms with E-state index in [0.29, 0.717) is 35.9 Å². The Labute approximate surface area is 146 Å². The summed E-state index contributed by atoms with van der Waals surface area (Å²) in [5.41, 5.74) is 6.61. The second-order valence-corrected chi connectivity index (χ2v) is 5.17. The van der Waals surface area contributed by atoms with Crippen molar-refractivity contribution in [1.29, 1.82) is 0 Å². The molecule has 0 spiro atoms. The fourth-order valence-corrected chi connectivity index (χ4v) is 2.04. The van der Waals surface area contributed by atoms with Gasteiger partial charge >= 0.3 is 0 Å². The third-order valence-corrected chi connectivity index (χ3v) is 3.20. The first-order chi connectivity index (χ1) is 12.1. The van der Waals surface area contributed by atoms with Crippen LogP contribution in [0, 0.1) is 0 Å². The maximum absolute atomic E-state index is 12.0. The second-order valence-electron chi connectivity index (χ2n) is 5.17. The summed E-state index contributed by atoms with van der Waals surface area (Å²) < 4.78 is 10.6. The molecule has 2 amide bonds. The summed E-state index contributed by atoms with van der Waals surface area (Å²) in [6.07, 6.45) is 0. The smallest absolute Gasteiger partial charge is 0.265 e. The Morgan fingerprint density at radius 2 is 1.80 bits per heavy atom. The van der Waals surface area contributed by atoms with E-state index in [0.717, 1.165) is 0 Å². The average Bonchev–Trinajstić information content (AvgIpc) is 2.62. The van der Waals surface area contributed by atoms with E-state index in [-0.39, 0.29) is 11.8 Å². The number of hydrazine groups is 1. The number of carbonyl (C=O) groups is 2. The van der Waals surface area contributed by atoms with Gasteiger partial charge in [0.1, 0.15) is 18.1 Å². The third-order valence-electron chi connectivity index (χ3n) is 3.20. The lowest BCUT2D eigenvalue weighted by molar-refractivity contribution is -0.114. The van der Waals surface area contributed by atoms with Crippen LogP contribution in [0.2, 0.25) is 0 Å². The molecule has 0 bridgehead atoms. The summed E-state index contributed by atoms with van der Waals surface area (Å²) in [6, 6.07) is 13.9. The molecule has 0 aliphatic rings. The molecule has 25 heavy (non-hydrogen) atoms. The molecule has 0 aliphatic carbocycles. The zero-order chi connectivity index (χ0) is 18.1. The predicted molar refractivity (Wildman–Crippen MR) is 94.7 cm³/mol. The number of carbonyl (C=O) groups excluding carboxylic acids is 2. The molecule has 0 saturated carbocycles. The van der Waals surface area contributed by atoms with Crippen LogP contribution in [0.3, 0.4) is 0 Å². The molecule has 0 aromatic heterocycles. The maximum Gasteiger partial charge on any atom is 0.265 e. The van der Waals surface area contributed by atoms with E-state index in [9.17, 15) is 9.59 Å². The van der Waals surface area contributed by atoms with Crippen LogP contribution in [0.4, 0.5) is 5.69 Å². The number of methoxy groups -OCH3 is 1. The van der Waals surface area contributed by atoms with Crippen molar-refractivity contribution in [1.82, 2.24) is 10.9 Å². The molecule has 7 heteroatoms. The Hall–Kier alpha value is -3.06. The SMILES string of the molecule is COc1cccc(C(=O)NNCCOc2ccc(NC(C)=O)cc2)c1. The van der Waals surface area contributed by atoms with Gasteiger partial charge in [-0.2, -0.15) is 0 Å². The summed E-state index contributed by atoms with van der Waals surface area (Å²) in [7, 11) is 1.55. The van der Waals surface area contributed by atoms with Crippen LogP contribution in [0.25, 0.3) is 0 Å². The molecule has 0 aliphatic heterocycles. The van der Waals surface area contributed by atoms with Crippen LogP contribution >= 0.6 is 0 Å². The quantitative estimate of drug-likeness (QED) is 0.504. The van der Waals surface area contributed by atoms with Gasteiger partial charge in [-0.25, -0.2) is 5.43 Å². The number of amides is 2. The Bertz CT molecular complexity index is 717. The first-order valence-corrected chi connectivity index (χ1v) is 7.76. The van der Waals surface area contributed by atoms with Gasteiger partial charge in [-0.15, -0.1) is 0 Å². The van der Waals surface area contributed by atoms with Crippen LogP contribution in [0.1, 0.15) is 17.3 Å². The normalized spacial score (nSPS) is 10.0. The summed E-state index contributed by atoms with van der Waals surface area (Å²) in [4.78, 5) is 22.9. The fourth-order valence-electron chi connectivity index (χ4n) is 2.04. The van der Waals surface area contributed by atoms with Gasteiger partial charge in [0.15, 0.2) is 0 Å². The van der Waals surface area contributed by atoms with Gasteiger partial charge in [-0.1, -0.05) is 6.07 Å². The van der Waals surface area contributed by atoms with Gasteiger partial charge in [0, 0.05) is 24.7 Å². The molecular formula is C18H21N3O4. The van der Waals surface area contributed by atoms with Crippen LogP contribution in [-0.4, -0.2) is 32.1 Å². The molecule has 3 N–H and O–H groups in total. The molecule has 7 nitrogen and oxygen atoms in total. The first-order valence-electron chi connectivity index (χ1n) is 7.76. The number of nitrogens with one attached hydrogen (secondary N) is 3. The summed E-state index contributed by atoms with van der Waals surface area (Å²) in [5.74, 6) is 0.928. The van der Waals surface area contributed by atoms with Crippen molar-refractivity contribution in [2.24, 2.45) is 0 Å². The van der Waals surface area contributed by atoms with E-state index in [1.165, 1.54) is 6.92 Å². The molecule has 0 atom stereocenters. The van der Waals surface area contributed by atoms with Crippen molar-refractivity contribution in [3.63, 3.8) is 0 Å². The van der Waals surface area contributed by atoms with Crippen LogP contribution in [-0.2, 0) is 4.79 Å². The predicted octanol–water partition coefficient (Wildman–Crippen LogP) is 1.97. The molecular weight excluding hydrogens is 322 g/mol. The Morgan fingerprint density at radius 3 is 2.48 bits per heavy atom. The van der Waals surface area contributed by atoms with Gasteiger partial charge in [-0.3, -0.25) is 15.0 Å². The molecule has 132 valence electrons. The van der Waals surface area contributed by atoms with Crippen molar-refractivity contribution < 1.29 is 19.1 Å². The summed E-state index contributed by atoms with van der Waals surface area (Å²) in [5, 5.41) is 2.68. The van der Waals surface area contributed by atoms with E-state index in [2.05, 4.69) is 16.2 Å². The highest BCUT2D eigenvalue weighted by Gasteiger charge is 2.05. The average molecular weight is 343 g/mol. The molecule has 2 rings (SSSR count). The van der Waals surface area contributed by atoms with Crippen molar-refractivity contribution >= 4 is 17.5 Å². The molecule has 2 aromatic rings. The van der Waals surface area contributed by atoms with Gasteiger partial charge in [0.25, 0.3) is 5.91 Å². The Morgan fingerprint density at radius 1 is 1.04 bits per heavy atom. The van der Waals surface area contributed by atoms with E-state index in [1.54, 1.807) is 55.6 Å². The maximum atomic E-state index is 12.0. The standard InChI is InChI=1S/C18H21N3O4/c1-13(22)20-15-6-8-16(9-7-15)25-11-10-19-21-18(23)14-4-3-5-17(12-14)24-2/h3-9,12,19H,10-11H2,1-2H3,(H,20,22)(H,21,23).